The van der Waals surface area contributed by atoms with E-state index in [9.17, 15) is 23.6 Å². The summed E-state index contributed by atoms with van der Waals surface area (Å²) in [6.45, 7) is 7.33. The Labute approximate surface area is 364 Å². The third-order valence-corrected chi connectivity index (χ3v) is 12.7. The number of aliphatic imine (C=N–C) groups is 2. The zero-order chi connectivity index (χ0) is 42.9. The molecule has 4 N–H and O–H groups in total. The summed E-state index contributed by atoms with van der Waals surface area (Å²) in [4.78, 5) is 72.8. The van der Waals surface area contributed by atoms with Crippen LogP contribution in [0, 0.1) is 5.92 Å². The first-order valence-corrected chi connectivity index (χ1v) is 21.6. The molecule has 3 atom stereocenters. The van der Waals surface area contributed by atoms with Crippen molar-refractivity contribution >= 4 is 58.3 Å². The lowest BCUT2D eigenvalue weighted by atomic mass is 9.95. The number of carbonyl (C=O) groups is 4. The first-order chi connectivity index (χ1) is 30.1. The maximum atomic E-state index is 13.5. The van der Waals surface area contributed by atoms with Crippen molar-refractivity contribution in [1.82, 2.24) is 35.6 Å². The lowest BCUT2D eigenvalue weighted by molar-refractivity contribution is -0.120. The van der Waals surface area contributed by atoms with Crippen molar-refractivity contribution in [3.8, 4) is 11.3 Å². The molecule has 1 unspecified atom stereocenters. The largest absolute Gasteiger partial charge is 0.386 e. The highest BCUT2D eigenvalue weighted by Crippen LogP contribution is 2.31. The lowest BCUT2D eigenvalue weighted by Gasteiger charge is -2.39. The molecule has 6 heterocycles. The van der Waals surface area contributed by atoms with Crippen molar-refractivity contribution in [2.75, 3.05) is 69.6 Å². The van der Waals surface area contributed by atoms with Gasteiger partial charge < -0.3 is 25.8 Å². The van der Waals surface area contributed by atoms with Crippen LogP contribution in [-0.2, 0) is 16.1 Å². The number of piperidine rings is 1. The van der Waals surface area contributed by atoms with Crippen LogP contribution in [0.1, 0.15) is 41.6 Å². The number of carbonyl (C=O) groups excluding carboxylic acids is 4. The molecule has 9 rings (SSSR count). The molecule has 2 aromatic carbocycles. The molecule has 3 aromatic rings. The van der Waals surface area contributed by atoms with Gasteiger partial charge in [-0.1, -0.05) is 29.8 Å². The van der Waals surface area contributed by atoms with Gasteiger partial charge in [0.05, 0.1) is 39.4 Å². The Bertz CT molecular complexity index is 2390. The molecule has 17 heteroatoms. The number of halogens is 2. The van der Waals surface area contributed by atoms with Crippen LogP contribution >= 0.6 is 11.6 Å². The Kier molecular flexibility index (Phi) is 11.9. The van der Waals surface area contributed by atoms with Crippen molar-refractivity contribution in [3.05, 3.63) is 100 Å². The van der Waals surface area contributed by atoms with Crippen LogP contribution in [0.15, 0.2) is 94.3 Å². The minimum Gasteiger partial charge on any atom is -0.386 e. The number of rotatable bonds is 11. The first kappa shape index (κ1) is 41.4. The molecular weight excluding hydrogens is 813 g/mol. The van der Waals surface area contributed by atoms with Crippen molar-refractivity contribution in [2.24, 2.45) is 15.9 Å². The van der Waals surface area contributed by atoms with E-state index in [0.29, 0.717) is 58.8 Å². The molecule has 1 aromatic heterocycles. The molecule has 0 radical (unpaired) electrons. The second kappa shape index (κ2) is 17.8. The van der Waals surface area contributed by atoms with Crippen molar-refractivity contribution in [2.45, 2.75) is 50.5 Å². The zero-order valence-electron chi connectivity index (χ0n) is 34.4. The number of amidine groups is 1. The summed E-state index contributed by atoms with van der Waals surface area (Å²) < 4.78 is 13.5. The number of urea groups is 1. The molecule has 15 nitrogen and oxygen atoms in total. The van der Waals surface area contributed by atoms with Crippen molar-refractivity contribution in [1.29, 1.82) is 0 Å². The van der Waals surface area contributed by atoms with Crippen LogP contribution in [0.5, 0.6) is 0 Å². The van der Waals surface area contributed by atoms with Gasteiger partial charge in [-0.25, -0.2) is 9.18 Å². The number of anilines is 2. The SMILES string of the molecule is CNC1=CC(Nc2cccc(-c3ccc(CN4CCN(CC5CCN(C(=O)c6ccc(Cl)c(N7CCC(=O)NC7=O)c6)CC5)CC4)cn3)c2)=NC2C(C(=O)N[C@@H]3C[C@@H]3F)=CN=C12. The monoisotopic (exact) mass is 861 g/mol. The molecule has 5 amide bonds. The van der Waals surface area contributed by atoms with Crippen LogP contribution in [0.4, 0.5) is 20.6 Å². The number of aromatic nitrogens is 1. The van der Waals surface area contributed by atoms with Gasteiger partial charge in [-0.2, -0.15) is 0 Å². The number of pyridine rings is 1. The number of dihydropyridines is 1. The highest BCUT2D eigenvalue weighted by Gasteiger charge is 2.42. The molecule has 0 spiro atoms. The number of fused-ring (bicyclic) bond motifs is 1. The average molecular weight is 862 g/mol. The summed E-state index contributed by atoms with van der Waals surface area (Å²) in [5.41, 5.74) is 6.49. The highest BCUT2D eigenvalue weighted by molar-refractivity contribution is 6.34. The summed E-state index contributed by atoms with van der Waals surface area (Å²) in [6, 6.07) is 15.6. The fourth-order valence-electron chi connectivity index (χ4n) is 8.67. The smallest absolute Gasteiger partial charge is 0.328 e. The van der Waals surface area contributed by atoms with Crippen LogP contribution in [-0.4, -0.2) is 133 Å². The normalized spacial score (nSPS) is 23.1. The van der Waals surface area contributed by atoms with Crippen LogP contribution in [0.2, 0.25) is 5.02 Å². The van der Waals surface area contributed by atoms with E-state index in [1.807, 2.05) is 41.4 Å². The van der Waals surface area contributed by atoms with Crippen molar-refractivity contribution in [3.63, 3.8) is 0 Å². The standard InChI is InChI=1S/C45H49ClFN11O4/c1-48-37-22-39(53-41-32(24-50-42(37)41)43(60)52-36-21-34(36)47)51-31-4-2-3-29(19-31)35-8-5-28(23-49-35)26-56-17-15-55(16-18-56)25-27-9-12-57(13-10-27)44(61)30-6-7-33(46)38(20-30)58-14-11-40(59)54-45(58)62/h2-8,19-20,22-24,27,34,36,41,48H,9-18,21,25-26H2,1H3,(H,51,53)(H,52,60)(H,54,59,62)/t34-,36+,41?/m0/s1. The maximum absolute atomic E-state index is 13.5. The quantitative estimate of drug-likeness (QED) is 0.219. The first-order valence-electron chi connectivity index (χ1n) is 21.3. The number of nitrogens with zero attached hydrogens (tertiary/aromatic N) is 7. The Morgan fingerprint density at radius 1 is 0.968 bits per heavy atom. The summed E-state index contributed by atoms with van der Waals surface area (Å²) in [7, 11) is 1.80. The fourth-order valence-corrected chi connectivity index (χ4v) is 8.89. The second-order valence-corrected chi connectivity index (χ2v) is 17.1. The number of imide groups is 1. The topological polar surface area (TPSA) is 167 Å². The van der Waals surface area contributed by atoms with Crippen LogP contribution < -0.4 is 26.2 Å². The molecule has 3 saturated heterocycles. The number of amides is 5. The van der Waals surface area contributed by atoms with E-state index in [4.69, 9.17) is 21.6 Å². The Morgan fingerprint density at radius 2 is 1.76 bits per heavy atom. The van der Waals surface area contributed by atoms with Gasteiger partial charge in [0.2, 0.25) is 5.91 Å². The van der Waals surface area contributed by atoms with Gasteiger partial charge in [-0.3, -0.25) is 44.5 Å². The maximum Gasteiger partial charge on any atom is 0.328 e. The third-order valence-electron chi connectivity index (χ3n) is 12.4. The van der Waals surface area contributed by atoms with E-state index < -0.39 is 24.3 Å². The second-order valence-electron chi connectivity index (χ2n) is 16.6. The minimum atomic E-state index is -0.994. The highest BCUT2D eigenvalue weighted by atomic mass is 35.5. The van der Waals surface area contributed by atoms with Gasteiger partial charge in [-0.15, -0.1) is 0 Å². The zero-order valence-corrected chi connectivity index (χ0v) is 35.2. The Balaban J connectivity index is 0.731. The molecule has 6 aliphatic rings. The van der Waals surface area contributed by atoms with E-state index in [-0.39, 0.29) is 30.7 Å². The van der Waals surface area contributed by atoms with Gasteiger partial charge in [0.1, 0.15) is 18.0 Å². The molecule has 1 saturated carbocycles. The molecule has 322 valence electrons. The summed E-state index contributed by atoms with van der Waals surface area (Å²) >= 11 is 6.41. The number of benzene rings is 2. The molecular formula is C45H49ClFN11O4. The average Bonchev–Trinajstić information content (AvgIpc) is 3.80. The molecule has 1 aliphatic carbocycles. The van der Waals surface area contributed by atoms with Crippen molar-refractivity contribution < 1.29 is 23.6 Å². The van der Waals surface area contributed by atoms with E-state index >= 15 is 0 Å². The number of piperazine rings is 1. The van der Waals surface area contributed by atoms with E-state index in [2.05, 4.69) is 48.2 Å². The van der Waals surface area contributed by atoms with Gasteiger partial charge in [0.15, 0.2) is 0 Å². The summed E-state index contributed by atoms with van der Waals surface area (Å²) in [5, 5.41) is 12.0. The number of hydrogen-bond donors (Lipinski definition) is 4. The van der Waals surface area contributed by atoms with Gasteiger partial charge in [-0.05, 0) is 60.7 Å². The minimum absolute atomic E-state index is 0.0773. The Morgan fingerprint density at radius 3 is 2.48 bits per heavy atom. The van der Waals surface area contributed by atoms with Crippen LogP contribution in [0.25, 0.3) is 11.3 Å². The molecule has 5 aliphatic heterocycles. The summed E-state index contributed by atoms with van der Waals surface area (Å²) in [5.74, 6) is 0.340. The van der Waals surface area contributed by atoms with Gasteiger partial charge in [0, 0.05) is 114 Å². The summed E-state index contributed by atoms with van der Waals surface area (Å²) in [6.07, 6.45) is 6.72. The van der Waals surface area contributed by atoms with E-state index in [1.54, 1.807) is 25.2 Å². The number of nitrogens with one attached hydrogen (secondary N) is 4. The number of hydrogen-bond acceptors (Lipinski definition) is 11. The number of likely N-dealkylation sites (tertiary alicyclic amines) is 1. The Hall–Kier alpha value is -5.97. The lowest BCUT2D eigenvalue weighted by Crippen LogP contribution is -2.49. The fraction of sp³-hybridized carbons (Fsp3) is 0.400. The van der Waals surface area contributed by atoms with Gasteiger partial charge >= 0.3 is 6.03 Å². The predicted octanol–water partition coefficient (Wildman–Crippen LogP) is 4.38. The molecule has 4 fully saturated rings. The predicted molar refractivity (Wildman–Crippen MR) is 236 cm³/mol. The van der Waals surface area contributed by atoms with Gasteiger partial charge in [0.25, 0.3) is 11.8 Å². The van der Waals surface area contributed by atoms with E-state index in [0.717, 1.165) is 80.3 Å². The van der Waals surface area contributed by atoms with Crippen LogP contribution in [0.3, 0.4) is 0 Å². The molecule has 0 bridgehead atoms. The number of alkyl halides is 1. The third kappa shape index (κ3) is 9.13. The van der Waals surface area contributed by atoms with E-state index in [1.165, 1.54) is 11.1 Å². The molecule has 62 heavy (non-hydrogen) atoms.